The molecule has 18 heavy (non-hydrogen) atoms. The number of likely N-dealkylation sites (N-methyl/N-ethyl adjacent to an activating group) is 1. The SMILES string of the molecule is CC(C)c1cc(C(=O)N(C)CC(=O)O)cc(=O)[nH]1. The zero-order valence-corrected chi connectivity index (χ0v) is 10.6. The predicted molar refractivity (Wildman–Crippen MR) is 65.7 cm³/mol. The molecule has 1 heterocycles. The number of carbonyl (C=O) groups is 2. The van der Waals surface area contributed by atoms with E-state index in [9.17, 15) is 14.4 Å². The third kappa shape index (κ3) is 3.44. The summed E-state index contributed by atoms with van der Waals surface area (Å²) in [5.41, 5.74) is 0.481. The first kappa shape index (κ1) is 14.0. The highest BCUT2D eigenvalue weighted by Crippen LogP contribution is 2.12. The highest BCUT2D eigenvalue weighted by molar-refractivity contribution is 5.95. The first-order valence-corrected chi connectivity index (χ1v) is 5.52. The summed E-state index contributed by atoms with van der Waals surface area (Å²) in [4.78, 5) is 37.6. The molecular formula is C12H16N2O4. The fraction of sp³-hybridized carbons (Fsp3) is 0.417. The van der Waals surface area contributed by atoms with Crippen LogP contribution in [0.1, 0.15) is 35.8 Å². The molecule has 0 radical (unpaired) electrons. The van der Waals surface area contributed by atoms with Gasteiger partial charge >= 0.3 is 5.97 Å². The Labute approximate surface area is 104 Å². The van der Waals surface area contributed by atoms with Crippen LogP contribution in [0.15, 0.2) is 16.9 Å². The number of aromatic amines is 1. The van der Waals surface area contributed by atoms with Gasteiger partial charge in [0.1, 0.15) is 6.54 Å². The molecule has 0 unspecified atom stereocenters. The van der Waals surface area contributed by atoms with E-state index in [1.165, 1.54) is 13.1 Å². The number of rotatable bonds is 4. The van der Waals surface area contributed by atoms with Gasteiger partial charge in [-0.3, -0.25) is 14.4 Å². The molecule has 0 atom stereocenters. The van der Waals surface area contributed by atoms with Crippen LogP contribution in [0.3, 0.4) is 0 Å². The molecule has 0 spiro atoms. The summed E-state index contributed by atoms with van der Waals surface area (Å²) in [6.45, 7) is 3.38. The number of hydrogen-bond acceptors (Lipinski definition) is 3. The van der Waals surface area contributed by atoms with Gasteiger partial charge in [-0.15, -0.1) is 0 Å². The molecule has 1 amide bonds. The second-order valence-electron chi connectivity index (χ2n) is 4.40. The smallest absolute Gasteiger partial charge is 0.323 e. The lowest BCUT2D eigenvalue weighted by Crippen LogP contribution is -2.32. The summed E-state index contributed by atoms with van der Waals surface area (Å²) in [5, 5.41) is 8.62. The zero-order chi connectivity index (χ0) is 13.9. The van der Waals surface area contributed by atoms with E-state index in [1.54, 1.807) is 6.07 Å². The molecule has 0 saturated heterocycles. The number of hydrogen-bond donors (Lipinski definition) is 2. The normalized spacial score (nSPS) is 10.4. The van der Waals surface area contributed by atoms with Crippen LogP contribution in [0.4, 0.5) is 0 Å². The van der Waals surface area contributed by atoms with Gasteiger partial charge < -0.3 is 15.0 Å². The molecule has 0 aromatic carbocycles. The molecule has 0 aliphatic carbocycles. The molecule has 0 aliphatic heterocycles. The molecule has 98 valence electrons. The molecule has 1 rings (SSSR count). The van der Waals surface area contributed by atoms with E-state index in [0.717, 1.165) is 4.90 Å². The van der Waals surface area contributed by atoms with Crippen LogP contribution in [0.2, 0.25) is 0 Å². The fourth-order valence-electron chi connectivity index (χ4n) is 1.49. The van der Waals surface area contributed by atoms with Crippen molar-refractivity contribution in [1.82, 2.24) is 9.88 Å². The average molecular weight is 252 g/mol. The van der Waals surface area contributed by atoms with Crippen LogP contribution < -0.4 is 5.56 Å². The Morgan fingerprint density at radius 3 is 2.50 bits per heavy atom. The van der Waals surface area contributed by atoms with Gasteiger partial charge in [0.25, 0.3) is 5.91 Å². The number of nitrogens with zero attached hydrogens (tertiary/aromatic N) is 1. The minimum atomic E-state index is -1.10. The lowest BCUT2D eigenvalue weighted by atomic mass is 10.1. The minimum Gasteiger partial charge on any atom is -0.480 e. The van der Waals surface area contributed by atoms with Crippen LogP contribution in [0, 0.1) is 0 Å². The average Bonchev–Trinajstić information content (AvgIpc) is 2.26. The quantitative estimate of drug-likeness (QED) is 0.823. The van der Waals surface area contributed by atoms with Crippen molar-refractivity contribution in [3.8, 4) is 0 Å². The summed E-state index contributed by atoms with van der Waals surface area (Å²) in [6.07, 6.45) is 0. The number of pyridine rings is 1. The Morgan fingerprint density at radius 1 is 1.39 bits per heavy atom. The first-order chi connectivity index (χ1) is 8.31. The number of nitrogens with one attached hydrogen (secondary N) is 1. The van der Waals surface area contributed by atoms with Crippen LogP contribution >= 0.6 is 0 Å². The van der Waals surface area contributed by atoms with Crippen molar-refractivity contribution in [1.29, 1.82) is 0 Å². The number of aliphatic carboxylic acids is 1. The number of carboxylic acid groups (broad SMARTS) is 1. The molecule has 2 N–H and O–H groups in total. The fourth-order valence-corrected chi connectivity index (χ4v) is 1.49. The Hall–Kier alpha value is -2.11. The van der Waals surface area contributed by atoms with Crippen molar-refractivity contribution >= 4 is 11.9 Å². The van der Waals surface area contributed by atoms with Gasteiger partial charge in [0.15, 0.2) is 0 Å². The van der Waals surface area contributed by atoms with Crippen molar-refractivity contribution in [2.45, 2.75) is 19.8 Å². The minimum absolute atomic E-state index is 0.0789. The lowest BCUT2D eigenvalue weighted by Gasteiger charge is -2.15. The first-order valence-electron chi connectivity index (χ1n) is 5.52. The highest BCUT2D eigenvalue weighted by Gasteiger charge is 2.16. The van der Waals surface area contributed by atoms with Crippen LogP contribution in [0.5, 0.6) is 0 Å². The molecule has 0 saturated carbocycles. The number of carbonyl (C=O) groups excluding carboxylic acids is 1. The Morgan fingerprint density at radius 2 is 2.00 bits per heavy atom. The molecule has 1 aromatic heterocycles. The van der Waals surface area contributed by atoms with Gasteiger partial charge in [-0.05, 0) is 12.0 Å². The van der Waals surface area contributed by atoms with Gasteiger partial charge in [0.05, 0.1) is 0 Å². The standard InChI is InChI=1S/C12H16N2O4/c1-7(2)9-4-8(5-10(15)13-9)12(18)14(3)6-11(16)17/h4-5,7H,6H2,1-3H3,(H,13,15)(H,16,17). The number of carboxylic acids is 1. The van der Waals surface area contributed by atoms with Gasteiger partial charge in [0.2, 0.25) is 5.56 Å². The second kappa shape index (κ2) is 5.48. The topological polar surface area (TPSA) is 90.5 Å². The maximum atomic E-state index is 11.9. The van der Waals surface area contributed by atoms with Crippen molar-refractivity contribution < 1.29 is 14.7 Å². The summed E-state index contributed by atoms with van der Waals surface area (Å²) < 4.78 is 0. The third-order valence-electron chi connectivity index (χ3n) is 2.45. The van der Waals surface area contributed by atoms with E-state index < -0.39 is 18.4 Å². The monoisotopic (exact) mass is 252 g/mol. The van der Waals surface area contributed by atoms with E-state index in [1.807, 2.05) is 13.8 Å². The molecule has 1 aromatic rings. The van der Waals surface area contributed by atoms with E-state index in [-0.39, 0.29) is 17.0 Å². The summed E-state index contributed by atoms with van der Waals surface area (Å²) in [5.74, 6) is -1.50. The lowest BCUT2D eigenvalue weighted by molar-refractivity contribution is -0.137. The molecule has 0 fully saturated rings. The molecule has 0 aliphatic rings. The summed E-state index contributed by atoms with van der Waals surface area (Å²) in [7, 11) is 1.38. The Bertz CT molecular complexity index is 519. The molecule has 6 heteroatoms. The summed E-state index contributed by atoms with van der Waals surface area (Å²) >= 11 is 0. The number of amides is 1. The molecular weight excluding hydrogens is 236 g/mol. The second-order valence-corrected chi connectivity index (χ2v) is 4.40. The van der Waals surface area contributed by atoms with Crippen molar-refractivity contribution in [2.24, 2.45) is 0 Å². The zero-order valence-electron chi connectivity index (χ0n) is 10.6. The molecule has 0 bridgehead atoms. The highest BCUT2D eigenvalue weighted by atomic mass is 16.4. The summed E-state index contributed by atoms with van der Waals surface area (Å²) in [6, 6.07) is 2.75. The Balaban J connectivity index is 3.06. The third-order valence-corrected chi connectivity index (χ3v) is 2.45. The van der Waals surface area contributed by atoms with Crippen LogP contribution in [-0.4, -0.2) is 40.5 Å². The van der Waals surface area contributed by atoms with Gasteiger partial charge in [-0.25, -0.2) is 0 Å². The number of aromatic nitrogens is 1. The maximum Gasteiger partial charge on any atom is 0.323 e. The van der Waals surface area contributed by atoms with Crippen LogP contribution in [-0.2, 0) is 4.79 Å². The van der Waals surface area contributed by atoms with Crippen LogP contribution in [0.25, 0.3) is 0 Å². The van der Waals surface area contributed by atoms with E-state index >= 15 is 0 Å². The number of H-pyrrole nitrogens is 1. The van der Waals surface area contributed by atoms with Gasteiger partial charge in [0, 0.05) is 24.4 Å². The maximum absolute atomic E-state index is 11.9. The van der Waals surface area contributed by atoms with Crippen molar-refractivity contribution in [2.75, 3.05) is 13.6 Å². The van der Waals surface area contributed by atoms with Gasteiger partial charge in [-0.1, -0.05) is 13.8 Å². The van der Waals surface area contributed by atoms with E-state index in [2.05, 4.69) is 4.98 Å². The van der Waals surface area contributed by atoms with E-state index in [0.29, 0.717) is 5.69 Å². The van der Waals surface area contributed by atoms with E-state index in [4.69, 9.17) is 5.11 Å². The predicted octanol–water partition coefficient (Wildman–Crippen LogP) is 0.655. The van der Waals surface area contributed by atoms with Gasteiger partial charge in [-0.2, -0.15) is 0 Å². The molecule has 6 nitrogen and oxygen atoms in total. The largest absolute Gasteiger partial charge is 0.480 e. The van der Waals surface area contributed by atoms with Crippen molar-refractivity contribution in [3.05, 3.63) is 33.7 Å². The van der Waals surface area contributed by atoms with Crippen molar-refractivity contribution in [3.63, 3.8) is 0 Å². The Kier molecular flexibility index (Phi) is 4.25.